The highest BCUT2D eigenvalue weighted by molar-refractivity contribution is 5.93. The molecule has 0 amide bonds. The van der Waals surface area contributed by atoms with Gasteiger partial charge < -0.3 is 0 Å². The summed E-state index contributed by atoms with van der Waals surface area (Å²) in [6.45, 7) is 4.90. The summed E-state index contributed by atoms with van der Waals surface area (Å²) in [5.41, 5.74) is 4.89. The summed E-state index contributed by atoms with van der Waals surface area (Å²) in [6.07, 6.45) is 13.7. The molecule has 0 bridgehead atoms. The Kier molecular flexibility index (Phi) is 2.64. The van der Waals surface area contributed by atoms with E-state index in [1.165, 1.54) is 30.4 Å². The summed E-state index contributed by atoms with van der Waals surface area (Å²) in [5, 5.41) is 0. The molecule has 0 aromatic heterocycles. The summed E-state index contributed by atoms with van der Waals surface area (Å²) in [6, 6.07) is 0. The monoisotopic (exact) mass is 268 g/mol. The van der Waals surface area contributed by atoms with Crippen LogP contribution in [-0.4, -0.2) is 5.78 Å². The maximum absolute atomic E-state index is 11.6. The summed E-state index contributed by atoms with van der Waals surface area (Å²) in [7, 11) is 0. The van der Waals surface area contributed by atoms with Gasteiger partial charge in [-0.25, -0.2) is 0 Å². The fraction of sp³-hybridized carbons (Fsp3) is 0.632. The summed E-state index contributed by atoms with van der Waals surface area (Å²) in [5.74, 6) is 2.75. The Hall–Kier alpha value is -1.11. The van der Waals surface area contributed by atoms with Gasteiger partial charge in [-0.2, -0.15) is 0 Å². The highest BCUT2D eigenvalue weighted by Gasteiger charge is 2.49. The van der Waals surface area contributed by atoms with E-state index >= 15 is 0 Å². The van der Waals surface area contributed by atoms with E-state index in [9.17, 15) is 4.79 Å². The van der Waals surface area contributed by atoms with Crippen molar-refractivity contribution < 1.29 is 4.79 Å². The molecule has 1 unspecified atom stereocenters. The third-order valence-corrected chi connectivity index (χ3v) is 6.70. The second kappa shape index (κ2) is 4.19. The molecule has 1 nitrogen and oxygen atoms in total. The van der Waals surface area contributed by atoms with Crippen molar-refractivity contribution in [1.29, 1.82) is 0 Å². The van der Waals surface area contributed by atoms with Crippen LogP contribution in [0.15, 0.2) is 34.9 Å². The molecule has 106 valence electrons. The number of rotatable bonds is 0. The van der Waals surface area contributed by atoms with Crippen molar-refractivity contribution in [2.75, 3.05) is 0 Å². The lowest BCUT2D eigenvalue weighted by Crippen LogP contribution is -2.36. The van der Waals surface area contributed by atoms with E-state index in [0.29, 0.717) is 11.2 Å². The minimum absolute atomic E-state index is 0.335. The highest BCUT2D eigenvalue weighted by Crippen LogP contribution is 2.59. The van der Waals surface area contributed by atoms with Gasteiger partial charge in [-0.15, -0.1) is 0 Å². The summed E-state index contributed by atoms with van der Waals surface area (Å²) < 4.78 is 0. The topological polar surface area (TPSA) is 17.1 Å². The van der Waals surface area contributed by atoms with Gasteiger partial charge >= 0.3 is 0 Å². The van der Waals surface area contributed by atoms with Gasteiger partial charge in [-0.05, 0) is 78.1 Å². The van der Waals surface area contributed by atoms with Crippen molar-refractivity contribution in [3.63, 3.8) is 0 Å². The minimum atomic E-state index is 0.335. The Labute approximate surface area is 121 Å². The number of allylic oxidation sites excluding steroid dienone is 6. The van der Waals surface area contributed by atoms with Crippen LogP contribution in [0.5, 0.6) is 0 Å². The van der Waals surface area contributed by atoms with E-state index in [0.717, 1.165) is 37.0 Å². The molecule has 0 radical (unpaired) electrons. The molecule has 4 atom stereocenters. The van der Waals surface area contributed by atoms with E-state index in [2.05, 4.69) is 26.0 Å². The largest absolute Gasteiger partial charge is 0.295 e. The quantitative estimate of drug-likeness (QED) is 0.627. The third kappa shape index (κ3) is 1.58. The predicted octanol–water partition coefficient (Wildman–Crippen LogP) is 4.60. The molecular weight excluding hydrogens is 244 g/mol. The zero-order valence-corrected chi connectivity index (χ0v) is 12.6. The van der Waals surface area contributed by atoms with Crippen LogP contribution in [0.25, 0.3) is 0 Å². The van der Waals surface area contributed by atoms with Gasteiger partial charge in [0.15, 0.2) is 5.78 Å². The average molecular weight is 268 g/mol. The molecule has 4 aliphatic carbocycles. The fourth-order valence-electron chi connectivity index (χ4n) is 5.26. The zero-order valence-electron chi connectivity index (χ0n) is 12.6. The molecule has 4 rings (SSSR count). The second-order valence-electron chi connectivity index (χ2n) is 7.50. The number of carbonyl (C=O) groups excluding carboxylic acids is 1. The van der Waals surface area contributed by atoms with E-state index in [4.69, 9.17) is 0 Å². The van der Waals surface area contributed by atoms with Gasteiger partial charge in [0.2, 0.25) is 0 Å². The van der Waals surface area contributed by atoms with Crippen molar-refractivity contribution in [3.05, 3.63) is 34.9 Å². The first-order valence-electron chi connectivity index (χ1n) is 8.25. The molecule has 0 N–H and O–H groups in total. The molecule has 1 heteroatoms. The predicted molar refractivity (Wildman–Crippen MR) is 81.2 cm³/mol. The van der Waals surface area contributed by atoms with Gasteiger partial charge in [-0.1, -0.05) is 26.0 Å². The maximum Gasteiger partial charge on any atom is 0.156 e. The Morgan fingerprint density at radius 3 is 2.85 bits per heavy atom. The molecule has 0 aromatic carbocycles. The lowest BCUT2D eigenvalue weighted by Gasteiger charge is -2.45. The van der Waals surface area contributed by atoms with Crippen LogP contribution in [-0.2, 0) is 4.79 Å². The first kappa shape index (κ1) is 12.6. The van der Waals surface area contributed by atoms with Crippen LogP contribution >= 0.6 is 0 Å². The lowest BCUT2D eigenvalue weighted by molar-refractivity contribution is -0.114. The van der Waals surface area contributed by atoms with Crippen LogP contribution in [0.3, 0.4) is 0 Å². The number of carbonyl (C=O) groups is 1. The molecule has 0 heterocycles. The van der Waals surface area contributed by atoms with Crippen molar-refractivity contribution in [2.45, 2.75) is 52.4 Å². The summed E-state index contributed by atoms with van der Waals surface area (Å²) in [4.78, 5) is 11.6. The molecule has 0 spiro atoms. The van der Waals surface area contributed by atoms with Crippen molar-refractivity contribution >= 4 is 5.78 Å². The molecule has 1 fully saturated rings. The average Bonchev–Trinajstić information content (AvgIpc) is 2.74. The van der Waals surface area contributed by atoms with Crippen LogP contribution in [0.2, 0.25) is 0 Å². The fourth-order valence-corrected chi connectivity index (χ4v) is 5.26. The van der Waals surface area contributed by atoms with Crippen LogP contribution in [0.1, 0.15) is 52.4 Å². The van der Waals surface area contributed by atoms with Gasteiger partial charge in [0.25, 0.3) is 0 Å². The first-order chi connectivity index (χ1) is 9.59. The standard InChI is InChI=1S/C19H24O/c1-12-3-8-18-17-6-4-13-11-14(20)5-7-15(13)16(17)9-10-19(12,18)2/h9-12,17-18H,3-8H2,1-2H3/t12?,17-,18+,19-/m1/s1. The molecule has 0 aliphatic heterocycles. The number of hydrogen-bond acceptors (Lipinski definition) is 1. The van der Waals surface area contributed by atoms with Crippen LogP contribution in [0.4, 0.5) is 0 Å². The normalized spacial score (nSPS) is 43.0. The van der Waals surface area contributed by atoms with Gasteiger partial charge in [0.05, 0.1) is 0 Å². The molecule has 4 aliphatic rings. The molecule has 0 saturated heterocycles. The Balaban J connectivity index is 1.82. The third-order valence-electron chi connectivity index (χ3n) is 6.70. The smallest absolute Gasteiger partial charge is 0.156 e. The lowest BCUT2D eigenvalue weighted by atomic mass is 9.59. The zero-order chi connectivity index (χ0) is 13.9. The highest BCUT2D eigenvalue weighted by atomic mass is 16.1. The van der Waals surface area contributed by atoms with E-state index in [1.807, 2.05) is 6.08 Å². The number of fused-ring (bicyclic) bond motifs is 4. The van der Waals surface area contributed by atoms with E-state index in [1.54, 1.807) is 5.57 Å². The molecular formula is C19H24O. The molecule has 0 aromatic rings. The van der Waals surface area contributed by atoms with E-state index in [-0.39, 0.29) is 0 Å². The molecule has 1 saturated carbocycles. The second-order valence-corrected chi connectivity index (χ2v) is 7.50. The SMILES string of the molecule is CC1CC[C@H]2[C@@H]3CCC4=CC(=O)CCC4=C3C=C[C@]12C. The Morgan fingerprint density at radius 2 is 2.00 bits per heavy atom. The number of ketones is 1. The van der Waals surface area contributed by atoms with Crippen molar-refractivity contribution in [2.24, 2.45) is 23.2 Å². The number of hydrogen-bond donors (Lipinski definition) is 0. The molecule has 20 heavy (non-hydrogen) atoms. The maximum atomic E-state index is 11.6. The van der Waals surface area contributed by atoms with E-state index < -0.39 is 0 Å². The van der Waals surface area contributed by atoms with Gasteiger partial charge in [0, 0.05) is 6.42 Å². The first-order valence-corrected chi connectivity index (χ1v) is 8.25. The van der Waals surface area contributed by atoms with Gasteiger partial charge in [0.1, 0.15) is 0 Å². The van der Waals surface area contributed by atoms with Crippen molar-refractivity contribution in [3.8, 4) is 0 Å². The Bertz CT molecular complexity index is 562. The summed E-state index contributed by atoms with van der Waals surface area (Å²) >= 11 is 0. The van der Waals surface area contributed by atoms with Crippen LogP contribution < -0.4 is 0 Å². The van der Waals surface area contributed by atoms with Crippen molar-refractivity contribution in [1.82, 2.24) is 0 Å². The van der Waals surface area contributed by atoms with Crippen LogP contribution in [0, 0.1) is 23.2 Å². The van der Waals surface area contributed by atoms with Gasteiger partial charge in [-0.3, -0.25) is 4.79 Å². The Morgan fingerprint density at radius 1 is 1.15 bits per heavy atom. The minimum Gasteiger partial charge on any atom is -0.295 e.